The van der Waals surface area contributed by atoms with Gasteiger partial charge in [0.2, 0.25) is 5.91 Å². The van der Waals surface area contributed by atoms with E-state index in [0.29, 0.717) is 24.5 Å². The zero-order valence-corrected chi connectivity index (χ0v) is 19.3. The van der Waals surface area contributed by atoms with Gasteiger partial charge in [-0.05, 0) is 37.6 Å². The largest absolute Gasteiger partial charge is 0.357 e. The molecule has 0 spiro atoms. The van der Waals surface area contributed by atoms with Crippen molar-refractivity contribution in [3.63, 3.8) is 0 Å². The van der Waals surface area contributed by atoms with Gasteiger partial charge in [-0.25, -0.2) is 9.37 Å². The summed E-state index contributed by atoms with van der Waals surface area (Å²) < 4.78 is 16.1. The smallest absolute Gasteiger partial charge is 0.272 e. The predicted molar refractivity (Wildman–Crippen MR) is 118 cm³/mol. The molecule has 3 rings (SSSR count). The number of hydrogen-bond donors (Lipinski definition) is 2. The van der Waals surface area contributed by atoms with Crippen molar-refractivity contribution in [3.05, 3.63) is 40.4 Å². The van der Waals surface area contributed by atoms with E-state index >= 15 is 0 Å². The maximum absolute atomic E-state index is 14.1. The molecule has 1 aromatic carbocycles. The molecule has 2 aromatic rings. The van der Waals surface area contributed by atoms with Crippen LogP contribution < -0.4 is 10.6 Å². The summed E-state index contributed by atoms with van der Waals surface area (Å²) in [6.07, 6.45) is 0.851. The molecular weight excluding hydrogens is 421 g/mol. The Kier molecular flexibility index (Phi) is 6.71. The molecule has 7 nitrogen and oxygen atoms in total. The van der Waals surface area contributed by atoms with E-state index < -0.39 is 23.2 Å². The number of aromatic nitrogens is 2. The number of rotatable bonds is 4. The lowest BCUT2D eigenvalue weighted by Gasteiger charge is -2.29. The SMILES string of the molecule is CNC(=O)C(NC(=O)c1nc(-c2cccc(F)c2Cl)n2c1CN(C)CCC2)C(C)(C)C. The molecule has 0 radical (unpaired) electrons. The third-order valence-corrected chi connectivity index (χ3v) is 5.86. The molecule has 0 fully saturated rings. The van der Waals surface area contributed by atoms with Crippen molar-refractivity contribution in [1.29, 1.82) is 0 Å². The van der Waals surface area contributed by atoms with E-state index in [0.717, 1.165) is 18.7 Å². The average Bonchev–Trinajstić information content (AvgIpc) is 2.92. The minimum atomic E-state index is -0.743. The van der Waals surface area contributed by atoms with E-state index in [1.165, 1.54) is 13.1 Å². The summed E-state index contributed by atoms with van der Waals surface area (Å²) in [7, 11) is 3.51. The van der Waals surface area contributed by atoms with Gasteiger partial charge in [0, 0.05) is 25.7 Å². The Balaban J connectivity index is 2.10. The Morgan fingerprint density at radius 3 is 2.61 bits per heavy atom. The number of fused-ring (bicyclic) bond motifs is 1. The van der Waals surface area contributed by atoms with E-state index in [-0.39, 0.29) is 16.6 Å². The van der Waals surface area contributed by atoms with Gasteiger partial charge in [0.25, 0.3) is 5.91 Å². The second-order valence-electron chi connectivity index (χ2n) is 8.96. The maximum atomic E-state index is 14.1. The summed E-state index contributed by atoms with van der Waals surface area (Å²) in [5, 5.41) is 5.42. The Morgan fingerprint density at radius 2 is 1.97 bits per heavy atom. The molecule has 0 saturated heterocycles. The summed E-state index contributed by atoms with van der Waals surface area (Å²) in [5.74, 6) is -0.814. The Labute approximate surface area is 187 Å². The van der Waals surface area contributed by atoms with Crippen molar-refractivity contribution in [2.75, 3.05) is 20.6 Å². The molecule has 1 unspecified atom stereocenters. The first kappa shape index (κ1) is 23.2. The Morgan fingerprint density at radius 1 is 1.26 bits per heavy atom. The summed E-state index contributed by atoms with van der Waals surface area (Å²) in [4.78, 5) is 32.4. The summed E-state index contributed by atoms with van der Waals surface area (Å²) >= 11 is 6.24. The standard InChI is InChI=1S/C22H29ClFN5O2/c1-22(2,3)18(21(31)25-4)27-20(30)17-15-12-28(5)10-7-11-29(15)19(26-17)13-8-6-9-14(24)16(13)23/h6,8-9,18H,7,10-12H2,1-5H3,(H,25,31)(H,27,30). The molecule has 9 heteroatoms. The average molecular weight is 450 g/mol. The monoisotopic (exact) mass is 449 g/mol. The van der Waals surface area contributed by atoms with Gasteiger partial charge < -0.3 is 20.1 Å². The highest BCUT2D eigenvalue weighted by Gasteiger charge is 2.35. The lowest BCUT2D eigenvalue weighted by Crippen LogP contribution is -2.53. The number of amides is 2. The van der Waals surface area contributed by atoms with Crippen LogP contribution in [-0.4, -0.2) is 52.9 Å². The van der Waals surface area contributed by atoms with Crippen LogP contribution in [-0.2, 0) is 17.9 Å². The summed E-state index contributed by atoms with van der Waals surface area (Å²) in [5.41, 5.74) is 0.877. The van der Waals surface area contributed by atoms with Crippen LogP contribution in [0.25, 0.3) is 11.4 Å². The molecule has 0 bridgehead atoms. The second kappa shape index (κ2) is 8.96. The first-order chi connectivity index (χ1) is 14.5. The molecule has 1 aliphatic heterocycles. The van der Waals surface area contributed by atoms with E-state index in [9.17, 15) is 14.0 Å². The van der Waals surface area contributed by atoms with Gasteiger partial charge in [0.1, 0.15) is 17.7 Å². The van der Waals surface area contributed by atoms with Crippen molar-refractivity contribution in [2.45, 2.75) is 46.3 Å². The molecule has 1 aliphatic rings. The fraction of sp³-hybridized carbons (Fsp3) is 0.500. The Hall–Kier alpha value is -2.45. The molecular formula is C22H29ClFN5O2. The zero-order valence-electron chi connectivity index (χ0n) is 18.6. The fourth-order valence-corrected chi connectivity index (χ4v) is 4.01. The minimum Gasteiger partial charge on any atom is -0.357 e. The Bertz CT molecular complexity index is 999. The van der Waals surface area contributed by atoms with Crippen LogP contribution in [0.4, 0.5) is 4.39 Å². The number of halogens is 2. The van der Waals surface area contributed by atoms with Crippen molar-refractivity contribution in [1.82, 2.24) is 25.1 Å². The van der Waals surface area contributed by atoms with E-state index in [1.54, 1.807) is 12.1 Å². The number of carbonyl (C=O) groups is 2. The van der Waals surface area contributed by atoms with Crippen molar-refractivity contribution in [2.24, 2.45) is 5.41 Å². The van der Waals surface area contributed by atoms with Crippen LogP contribution in [0.3, 0.4) is 0 Å². The third-order valence-electron chi connectivity index (χ3n) is 5.47. The molecule has 1 atom stereocenters. The van der Waals surface area contributed by atoms with Crippen molar-refractivity contribution >= 4 is 23.4 Å². The molecule has 0 saturated carbocycles. The van der Waals surface area contributed by atoms with Crippen LogP contribution >= 0.6 is 11.6 Å². The minimum absolute atomic E-state index is 0.0298. The number of nitrogens with zero attached hydrogens (tertiary/aromatic N) is 3. The van der Waals surface area contributed by atoms with Gasteiger partial charge in [0.05, 0.1) is 10.7 Å². The topological polar surface area (TPSA) is 79.3 Å². The van der Waals surface area contributed by atoms with Crippen LogP contribution in [0, 0.1) is 11.2 Å². The first-order valence-corrected chi connectivity index (χ1v) is 10.7. The zero-order chi connectivity index (χ0) is 22.9. The van der Waals surface area contributed by atoms with Crippen LogP contribution in [0.2, 0.25) is 5.02 Å². The van der Waals surface area contributed by atoms with E-state index in [1.807, 2.05) is 32.4 Å². The number of benzene rings is 1. The fourth-order valence-electron chi connectivity index (χ4n) is 3.80. The molecule has 31 heavy (non-hydrogen) atoms. The van der Waals surface area contributed by atoms with Crippen LogP contribution in [0.1, 0.15) is 43.4 Å². The van der Waals surface area contributed by atoms with Gasteiger partial charge in [0.15, 0.2) is 5.69 Å². The third kappa shape index (κ3) is 4.75. The molecule has 0 aliphatic carbocycles. The number of carbonyl (C=O) groups excluding carboxylic acids is 2. The quantitative estimate of drug-likeness (QED) is 0.751. The van der Waals surface area contributed by atoms with E-state index in [2.05, 4.69) is 20.5 Å². The van der Waals surface area contributed by atoms with Crippen molar-refractivity contribution in [3.8, 4) is 11.4 Å². The van der Waals surface area contributed by atoms with Crippen LogP contribution in [0.15, 0.2) is 18.2 Å². The summed E-state index contributed by atoms with van der Waals surface area (Å²) in [6, 6.07) is 3.81. The van der Waals surface area contributed by atoms with E-state index in [4.69, 9.17) is 11.6 Å². The lowest BCUT2D eigenvalue weighted by atomic mass is 9.86. The predicted octanol–water partition coefficient (Wildman–Crippen LogP) is 3.07. The molecule has 2 amide bonds. The lowest BCUT2D eigenvalue weighted by molar-refractivity contribution is -0.124. The normalized spacial score (nSPS) is 15.7. The first-order valence-electron chi connectivity index (χ1n) is 10.3. The molecule has 2 N–H and O–H groups in total. The molecule has 1 aromatic heterocycles. The molecule has 2 heterocycles. The van der Waals surface area contributed by atoms with Gasteiger partial charge in [-0.15, -0.1) is 0 Å². The van der Waals surface area contributed by atoms with Gasteiger partial charge in [-0.3, -0.25) is 9.59 Å². The van der Waals surface area contributed by atoms with Crippen molar-refractivity contribution < 1.29 is 14.0 Å². The summed E-state index contributed by atoms with van der Waals surface area (Å²) in [6.45, 7) is 7.62. The van der Waals surface area contributed by atoms with Crippen LogP contribution in [0.5, 0.6) is 0 Å². The number of likely N-dealkylation sites (N-methyl/N-ethyl adjacent to an activating group) is 1. The number of nitrogens with one attached hydrogen (secondary N) is 2. The highest BCUT2D eigenvalue weighted by molar-refractivity contribution is 6.33. The van der Waals surface area contributed by atoms with Gasteiger partial charge in [-0.1, -0.05) is 38.4 Å². The molecule has 168 valence electrons. The number of imidazole rings is 1. The maximum Gasteiger partial charge on any atom is 0.272 e. The second-order valence-corrected chi connectivity index (χ2v) is 9.34. The highest BCUT2D eigenvalue weighted by atomic mass is 35.5. The highest BCUT2D eigenvalue weighted by Crippen LogP contribution is 2.32. The van der Waals surface area contributed by atoms with Gasteiger partial charge >= 0.3 is 0 Å². The number of hydrogen-bond acceptors (Lipinski definition) is 4. The van der Waals surface area contributed by atoms with Gasteiger partial charge in [-0.2, -0.15) is 0 Å².